The summed E-state index contributed by atoms with van der Waals surface area (Å²) in [4.78, 5) is 0.156. The van der Waals surface area contributed by atoms with Crippen molar-refractivity contribution in [2.45, 2.75) is 38.1 Å². The van der Waals surface area contributed by atoms with Gasteiger partial charge in [-0.2, -0.15) is 4.72 Å². The lowest BCUT2D eigenvalue weighted by molar-refractivity contribution is 0.372. The smallest absolute Gasteiger partial charge is 0.241 e. The molecular weight excluding hydrogens is 318 g/mol. The first kappa shape index (κ1) is 17.4. The van der Waals surface area contributed by atoms with Crippen molar-refractivity contribution in [2.75, 3.05) is 7.11 Å². The lowest BCUT2D eigenvalue weighted by atomic mass is 10.0. The number of hydrogen-bond donors (Lipinski definition) is 1. The third kappa shape index (κ3) is 4.52. The predicted molar refractivity (Wildman–Crippen MR) is 84.5 cm³/mol. The van der Waals surface area contributed by atoms with Gasteiger partial charge in [-0.25, -0.2) is 8.42 Å². The molecule has 2 aromatic rings. The van der Waals surface area contributed by atoms with Crippen LogP contribution in [0.3, 0.4) is 0 Å². The maximum Gasteiger partial charge on any atom is 0.241 e. The molecule has 1 N–H and O–H groups in total. The second kappa shape index (κ2) is 7.10. The molecule has 0 radical (unpaired) electrons. The molecule has 1 atom stereocenters. The Morgan fingerprint density at radius 1 is 1.22 bits per heavy atom. The number of hydrogen-bond acceptors (Lipinski definition) is 6. The molecule has 8 heteroatoms. The summed E-state index contributed by atoms with van der Waals surface area (Å²) in [5.41, 5.74) is 0. The standard InChI is InChI=1S/C15H21N3O4S/c1-10(2)9-14(15-17-16-11(3)22-15)18-23(19,20)13-7-5-12(21-4)6-8-13/h5-8,10,14,18H,9H2,1-4H3. The van der Waals surface area contributed by atoms with Gasteiger partial charge in [-0.05, 0) is 36.6 Å². The van der Waals surface area contributed by atoms with Crippen molar-refractivity contribution in [3.05, 3.63) is 36.0 Å². The number of aryl methyl sites for hydroxylation is 1. The van der Waals surface area contributed by atoms with Crippen molar-refractivity contribution in [3.8, 4) is 5.75 Å². The highest BCUT2D eigenvalue weighted by Crippen LogP contribution is 2.24. The van der Waals surface area contributed by atoms with E-state index in [2.05, 4.69) is 14.9 Å². The minimum atomic E-state index is -3.70. The van der Waals surface area contributed by atoms with E-state index in [9.17, 15) is 8.42 Å². The van der Waals surface area contributed by atoms with Crippen molar-refractivity contribution < 1.29 is 17.6 Å². The molecule has 0 amide bonds. The van der Waals surface area contributed by atoms with Gasteiger partial charge >= 0.3 is 0 Å². The Morgan fingerprint density at radius 2 is 1.87 bits per heavy atom. The van der Waals surface area contributed by atoms with Crippen LogP contribution in [0.2, 0.25) is 0 Å². The van der Waals surface area contributed by atoms with Crippen molar-refractivity contribution in [3.63, 3.8) is 0 Å². The Kier molecular flexibility index (Phi) is 5.38. The van der Waals surface area contributed by atoms with Crippen LogP contribution in [-0.4, -0.2) is 25.7 Å². The number of nitrogens with zero attached hydrogens (tertiary/aromatic N) is 2. The van der Waals surface area contributed by atoms with E-state index in [1.165, 1.54) is 19.2 Å². The first-order chi connectivity index (χ1) is 10.8. The molecule has 1 unspecified atom stereocenters. The third-order valence-electron chi connectivity index (χ3n) is 3.21. The van der Waals surface area contributed by atoms with E-state index in [4.69, 9.17) is 9.15 Å². The van der Waals surface area contributed by atoms with E-state index in [1.807, 2.05) is 13.8 Å². The molecule has 126 valence electrons. The van der Waals surface area contributed by atoms with Gasteiger partial charge in [0.25, 0.3) is 0 Å². The third-order valence-corrected chi connectivity index (χ3v) is 4.70. The van der Waals surface area contributed by atoms with Gasteiger partial charge in [0.1, 0.15) is 11.8 Å². The zero-order valence-electron chi connectivity index (χ0n) is 13.6. The second-order valence-corrected chi connectivity index (χ2v) is 7.35. The summed E-state index contributed by atoms with van der Waals surface area (Å²) in [6, 6.07) is 5.62. The van der Waals surface area contributed by atoms with E-state index in [-0.39, 0.29) is 16.7 Å². The van der Waals surface area contributed by atoms with Gasteiger partial charge in [-0.15, -0.1) is 10.2 Å². The van der Waals surface area contributed by atoms with Gasteiger partial charge < -0.3 is 9.15 Å². The van der Waals surface area contributed by atoms with Crippen LogP contribution in [0.5, 0.6) is 5.75 Å². The quantitative estimate of drug-likeness (QED) is 0.832. The fraction of sp³-hybridized carbons (Fsp3) is 0.467. The highest BCUT2D eigenvalue weighted by Gasteiger charge is 2.26. The van der Waals surface area contributed by atoms with E-state index in [0.717, 1.165) is 0 Å². The summed E-state index contributed by atoms with van der Waals surface area (Å²) in [6.45, 7) is 5.66. The molecule has 23 heavy (non-hydrogen) atoms. The average molecular weight is 339 g/mol. The molecule has 0 spiro atoms. The minimum absolute atomic E-state index is 0.156. The minimum Gasteiger partial charge on any atom is -0.497 e. The zero-order valence-corrected chi connectivity index (χ0v) is 14.4. The predicted octanol–water partition coefficient (Wildman–Crippen LogP) is 2.45. The number of aromatic nitrogens is 2. The Balaban J connectivity index is 2.26. The molecule has 0 aliphatic rings. The Labute approximate surface area is 136 Å². The summed E-state index contributed by atoms with van der Waals surface area (Å²) in [5.74, 6) is 1.52. The van der Waals surface area contributed by atoms with Crippen molar-refractivity contribution in [2.24, 2.45) is 5.92 Å². The molecule has 0 bridgehead atoms. The number of rotatable bonds is 7. The Hall–Kier alpha value is -1.93. The maximum atomic E-state index is 12.6. The van der Waals surface area contributed by atoms with Crippen LogP contribution in [0.4, 0.5) is 0 Å². The van der Waals surface area contributed by atoms with Crippen LogP contribution in [0.15, 0.2) is 33.6 Å². The summed E-state index contributed by atoms with van der Waals surface area (Å²) in [5, 5.41) is 7.71. The van der Waals surface area contributed by atoms with Crippen molar-refractivity contribution in [1.29, 1.82) is 0 Å². The van der Waals surface area contributed by atoms with Crippen LogP contribution in [0.25, 0.3) is 0 Å². The number of sulfonamides is 1. The normalized spacial score (nSPS) is 13.3. The van der Waals surface area contributed by atoms with E-state index < -0.39 is 16.1 Å². The first-order valence-corrected chi connectivity index (χ1v) is 8.76. The second-order valence-electron chi connectivity index (χ2n) is 5.64. The fourth-order valence-corrected chi connectivity index (χ4v) is 3.34. The van der Waals surface area contributed by atoms with Crippen molar-refractivity contribution >= 4 is 10.0 Å². The number of benzene rings is 1. The summed E-state index contributed by atoms with van der Waals surface area (Å²) in [7, 11) is -2.18. The molecule has 0 aliphatic heterocycles. The average Bonchev–Trinajstić information content (AvgIpc) is 2.92. The van der Waals surface area contributed by atoms with Crippen molar-refractivity contribution in [1.82, 2.24) is 14.9 Å². The fourth-order valence-electron chi connectivity index (χ4n) is 2.13. The highest BCUT2D eigenvalue weighted by atomic mass is 32.2. The van der Waals surface area contributed by atoms with Gasteiger partial charge in [0.05, 0.1) is 12.0 Å². The SMILES string of the molecule is COc1ccc(S(=O)(=O)NC(CC(C)C)c2nnc(C)o2)cc1. The van der Waals surface area contributed by atoms with Gasteiger partial charge in [-0.1, -0.05) is 13.8 Å². The van der Waals surface area contributed by atoms with E-state index >= 15 is 0 Å². The molecule has 2 rings (SSSR count). The molecule has 0 fully saturated rings. The molecule has 0 saturated carbocycles. The summed E-state index contributed by atoms with van der Waals surface area (Å²) >= 11 is 0. The van der Waals surface area contributed by atoms with Crippen LogP contribution >= 0.6 is 0 Å². The maximum absolute atomic E-state index is 12.6. The molecule has 1 heterocycles. The number of nitrogens with one attached hydrogen (secondary N) is 1. The molecule has 1 aromatic carbocycles. The molecule has 7 nitrogen and oxygen atoms in total. The van der Waals surface area contributed by atoms with Crippen LogP contribution in [0.1, 0.15) is 38.1 Å². The van der Waals surface area contributed by atoms with Crippen LogP contribution in [0, 0.1) is 12.8 Å². The highest BCUT2D eigenvalue weighted by molar-refractivity contribution is 7.89. The first-order valence-electron chi connectivity index (χ1n) is 7.28. The van der Waals surface area contributed by atoms with Gasteiger partial charge in [0, 0.05) is 6.92 Å². The van der Waals surface area contributed by atoms with Gasteiger partial charge in [-0.3, -0.25) is 0 Å². The lowest BCUT2D eigenvalue weighted by Crippen LogP contribution is -2.30. The molecular formula is C15H21N3O4S. The van der Waals surface area contributed by atoms with Crippen LogP contribution < -0.4 is 9.46 Å². The lowest BCUT2D eigenvalue weighted by Gasteiger charge is -2.17. The summed E-state index contributed by atoms with van der Waals surface area (Å²) in [6.07, 6.45) is 0.553. The zero-order chi connectivity index (χ0) is 17.0. The number of methoxy groups -OCH3 is 1. The molecule has 0 saturated heterocycles. The monoisotopic (exact) mass is 339 g/mol. The van der Waals surface area contributed by atoms with Gasteiger partial charge in [0.2, 0.25) is 21.8 Å². The Morgan fingerprint density at radius 3 is 2.35 bits per heavy atom. The topological polar surface area (TPSA) is 94.3 Å². The van der Waals surface area contributed by atoms with E-state index in [0.29, 0.717) is 18.1 Å². The molecule has 1 aromatic heterocycles. The largest absolute Gasteiger partial charge is 0.497 e. The number of ether oxygens (including phenoxy) is 1. The Bertz CT molecular complexity index is 738. The molecule has 0 aliphatic carbocycles. The van der Waals surface area contributed by atoms with Crippen LogP contribution in [-0.2, 0) is 10.0 Å². The summed E-state index contributed by atoms with van der Waals surface area (Å²) < 4.78 is 38.2. The van der Waals surface area contributed by atoms with Gasteiger partial charge in [0.15, 0.2) is 0 Å². The van der Waals surface area contributed by atoms with E-state index in [1.54, 1.807) is 19.1 Å².